The van der Waals surface area contributed by atoms with Gasteiger partial charge in [0.25, 0.3) is 17.7 Å². The summed E-state index contributed by atoms with van der Waals surface area (Å²) in [6, 6.07) is 11.6. The predicted octanol–water partition coefficient (Wildman–Crippen LogP) is 8.00. The molecule has 5 aliphatic rings. The van der Waals surface area contributed by atoms with Gasteiger partial charge in [0.2, 0.25) is 11.8 Å². The number of carbonyl (C=O) groups excluding carboxylic acids is 5. The Balaban J connectivity index is 0.759. The number of pyridine rings is 1. The highest BCUT2D eigenvalue weighted by molar-refractivity contribution is 7.18. The van der Waals surface area contributed by atoms with E-state index < -0.39 is 53.0 Å². The lowest BCUT2D eigenvalue weighted by molar-refractivity contribution is -0.141. The summed E-state index contributed by atoms with van der Waals surface area (Å²) in [5, 5.41) is 20.5. The van der Waals surface area contributed by atoms with E-state index in [1.165, 1.54) is 6.07 Å². The number of thiazole rings is 1. The Morgan fingerprint density at radius 3 is 2.34 bits per heavy atom. The van der Waals surface area contributed by atoms with Gasteiger partial charge in [-0.25, -0.2) is 9.97 Å². The fourth-order valence-electron chi connectivity index (χ4n) is 10.8. The largest absolute Gasteiger partial charge is 0.433 e. The Kier molecular flexibility index (Phi) is 11.4. The smallest absolute Gasteiger partial charge is 0.386 e. The predicted molar refractivity (Wildman–Crippen MR) is 234 cm³/mol. The van der Waals surface area contributed by atoms with Crippen molar-refractivity contribution in [3.8, 4) is 0 Å². The summed E-state index contributed by atoms with van der Waals surface area (Å²) < 4.78 is 40.7. The second-order valence-corrected chi connectivity index (χ2v) is 20.2. The van der Waals surface area contributed by atoms with E-state index in [-0.39, 0.29) is 41.5 Å². The van der Waals surface area contributed by atoms with E-state index in [9.17, 15) is 42.3 Å². The van der Waals surface area contributed by atoms with Crippen LogP contribution in [0.2, 0.25) is 0 Å². The monoisotopic (exact) mass is 899 g/mol. The van der Waals surface area contributed by atoms with Gasteiger partial charge in [-0.2, -0.15) is 13.2 Å². The average molecular weight is 900 g/mol. The number of benzene rings is 2. The minimum atomic E-state index is -4.69. The maximum Gasteiger partial charge on any atom is 0.433 e. The van der Waals surface area contributed by atoms with Gasteiger partial charge in [-0.3, -0.25) is 34.2 Å². The molecule has 4 N–H and O–H groups in total. The molecule has 3 saturated carbocycles. The minimum absolute atomic E-state index is 0.0762. The van der Waals surface area contributed by atoms with Crippen LogP contribution in [-0.2, 0) is 21.4 Å². The van der Waals surface area contributed by atoms with Crippen LogP contribution in [0.15, 0.2) is 48.5 Å². The molecule has 1 saturated heterocycles. The first kappa shape index (κ1) is 44.0. The van der Waals surface area contributed by atoms with Gasteiger partial charge in [-0.05, 0) is 139 Å². The molecule has 13 nitrogen and oxygen atoms in total. The number of halogens is 3. The van der Waals surface area contributed by atoms with E-state index in [0.717, 1.165) is 97.5 Å². The topological polar surface area (TPSA) is 174 Å². The van der Waals surface area contributed by atoms with Gasteiger partial charge >= 0.3 is 6.18 Å². The van der Waals surface area contributed by atoms with E-state index in [2.05, 4.69) is 32.9 Å². The molecular formula is C47H52F3N7O6S. The first-order valence-electron chi connectivity index (χ1n) is 22.2. The van der Waals surface area contributed by atoms with Crippen LogP contribution < -0.4 is 16.0 Å². The Bertz CT molecular complexity index is 2530. The lowest BCUT2D eigenvalue weighted by atomic mass is 9.57. The van der Waals surface area contributed by atoms with Crippen LogP contribution in [0.4, 0.5) is 24.5 Å². The van der Waals surface area contributed by atoms with Crippen LogP contribution in [0.5, 0.6) is 0 Å². The summed E-state index contributed by atoms with van der Waals surface area (Å²) in [6.45, 7) is 4.20. The van der Waals surface area contributed by atoms with Crippen LogP contribution in [0, 0.1) is 11.3 Å². The zero-order chi connectivity index (χ0) is 45.3. The van der Waals surface area contributed by atoms with Crippen molar-refractivity contribution in [2.24, 2.45) is 11.3 Å². The summed E-state index contributed by atoms with van der Waals surface area (Å²) in [5.41, 5.74) is -0.0548. The number of hydrogen-bond acceptors (Lipinski definition) is 11. The lowest BCUT2D eigenvalue weighted by Gasteiger charge is -2.53. The van der Waals surface area contributed by atoms with Crippen molar-refractivity contribution < 1.29 is 42.3 Å². The molecule has 0 bridgehead atoms. The summed E-state index contributed by atoms with van der Waals surface area (Å²) in [7, 11) is 2.25. The molecule has 1 spiro atoms. The summed E-state index contributed by atoms with van der Waals surface area (Å²) in [6.07, 6.45) is 6.20. The number of alkyl halides is 3. The molecule has 9 rings (SSSR count). The molecule has 338 valence electrons. The number of nitrogens with zero attached hydrogens (tertiary/aromatic N) is 4. The number of rotatable bonds is 10. The molecule has 2 aromatic carbocycles. The Morgan fingerprint density at radius 2 is 1.66 bits per heavy atom. The summed E-state index contributed by atoms with van der Waals surface area (Å²) in [4.78, 5) is 76.3. The summed E-state index contributed by atoms with van der Waals surface area (Å²) >= 11 is 1.55. The molecule has 1 unspecified atom stereocenters. The molecule has 2 aromatic heterocycles. The zero-order valence-corrected chi connectivity index (χ0v) is 36.8. The van der Waals surface area contributed by atoms with Gasteiger partial charge in [0, 0.05) is 47.9 Å². The number of aromatic nitrogens is 2. The molecule has 4 fully saturated rings. The molecule has 17 heteroatoms. The first-order valence-corrected chi connectivity index (χ1v) is 23.0. The van der Waals surface area contributed by atoms with Crippen molar-refractivity contribution in [3.63, 3.8) is 0 Å². The van der Waals surface area contributed by atoms with E-state index in [1.807, 2.05) is 6.07 Å². The third-order valence-electron chi connectivity index (χ3n) is 14.3. The highest BCUT2D eigenvalue weighted by Crippen LogP contribution is 2.53. The Morgan fingerprint density at radius 1 is 0.938 bits per heavy atom. The highest BCUT2D eigenvalue weighted by atomic mass is 32.1. The first-order chi connectivity index (χ1) is 30.4. The Labute approximate surface area is 372 Å². The zero-order valence-electron chi connectivity index (χ0n) is 36.0. The number of carbonyl (C=O) groups is 5. The number of piperidine rings is 1. The molecule has 4 aromatic rings. The summed E-state index contributed by atoms with van der Waals surface area (Å²) in [5.74, 6) is -1.98. The van der Waals surface area contributed by atoms with Gasteiger partial charge in [-0.15, -0.1) is 11.3 Å². The maximum absolute atomic E-state index is 13.6. The van der Waals surface area contributed by atoms with Gasteiger partial charge in [-0.1, -0.05) is 12.1 Å². The Hall–Kier alpha value is -5.26. The van der Waals surface area contributed by atoms with Gasteiger partial charge in [0.1, 0.15) is 17.4 Å². The van der Waals surface area contributed by atoms with Crippen LogP contribution >= 0.6 is 11.3 Å². The second-order valence-electron chi connectivity index (χ2n) is 19.1. The normalized spacial score (nSPS) is 26.3. The van der Waals surface area contributed by atoms with E-state index >= 15 is 0 Å². The number of amides is 5. The van der Waals surface area contributed by atoms with Crippen molar-refractivity contribution in [3.05, 3.63) is 81.6 Å². The van der Waals surface area contributed by atoms with Crippen LogP contribution in [0.3, 0.4) is 0 Å². The van der Waals surface area contributed by atoms with Crippen LogP contribution in [0.1, 0.15) is 144 Å². The number of nitrogens with one attached hydrogen (secondary N) is 3. The molecule has 5 amide bonds. The molecule has 1 atom stereocenters. The molecular weight excluding hydrogens is 848 g/mol. The molecule has 3 aliphatic carbocycles. The van der Waals surface area contributed by atoms with E-state index in [0.29, 0.717) is 40.0 Å². The van der Waals surface area contributed by atoms with Crippen molar-refractivity contribution in [2.45, 2.75) is 127 Å². The minimum Gasteiger partial charge on any atom is -0.386 e. The molecule has 4 heterocycles. The third kappa shape index (κ3) is 8.53. The quantitative estimate of drug-likeness (QED) is 0.114. The number of fused-ring (bicyclic) bond motifs is 2. The average Bonchev–Trinajstić information content (AvgIpc) is 3.77. The lowest BCUT2D eigenvalue weighted by Crippen LogP contribution is -2.54. The highest BCUT2D eigenvalue weighted by Gasteiger charge is 2.49. The molecule has 64 heavy (non-hydrogen) atoms. The maximum atomic E-state index is 13.6. The molecule has 2 aliphatic heterocycles. The SMILES string of the molecule is CN(C[C@H]1CC[C@H](c2nc3cc(C(C)(C)O)c(NC(=O)c4cccc(C(F)(F)F)n4)cc3s2)CC1)C1CCC2(CC1)CC(Nc1cccc3c1C(=O)N(C1CCC(=O)NC1=O)C3=O)C2. The van der Waals surface area contributed by atoms with Crippen molar-refractivity contribution in [1.29, 1.82) is 0 Å². The fraction of sp³-hybridized carbons (Fsp3) is 0.511. The fourth-order valence-corrected chi connectivity index (χ4v) is 12.0. The van der Waals surface area contributed by atoms with Gasteiger partial charge in [0.15, 0.2) is 0 Å². The number of anilines is 2. The number of imide groups is 2. The second kappa shape index (κ2) is 16.6. The number of hydrogen-bond donors (Lipinski definition) is 4. The van der Waals surface area contributed by atoms with Crippen LogP contribution in [0.25, 0.3) is 10.2 Å². The third-order valence-corrected chi connectivity index (χ3v) is 15.5. The van der Waals surface area contributed by atoms with E-state index in [4.69, 9.17) is 4.98 Å². The van der Waals surface area contributed by atoms with Crippen molar-refractivity contribution >= 4 is 62.5 Å². The van der Waals surface area contributed by atoms with Crippen molar-refractivity contribution in [1.82, 2.24) is 25.1 Å². The van der Waals surface area contributed by atoms with Gasteiger partial charge < -0.3 is 20.6 Å². The van der Waals surface area contributed by atoms with Crippen molar-refractivity contribution in [2.75, 3.05) is 24.2 Å². The van der Waals surface area contributed by atoms with Gasteiger partial charge in [0.05, 0.1) is 32.0 Å². The van der Waals surface area contributed by atoms with Crippen LogP contribution in [-0.4, -0.2) is 86.1 Å². The standard InChI is InChI=1S/C47H52F3N7O6S/c1-45(2,63)30-20-34-36(21-33(30)53-40(59)32-8-5-9-37(52-32)47(48,49)50)64-42(54-34)26-12-10-25(11-13-26)24-56(3)28-16-18-46(19-17-28)22-27(23-46)51-31-7-4-6-29-39(31)44(62)57(43(29)61)35-14-15-38(58)55-41(35)60/h4-9,20-21,25-28,35,51,63H,10-19,22-24H2,1-3H3,(H,53,59)(H,55,58,60)/t25-,26-,27?,28?,35?,46?. The molecule has 0 radical (unpaired) electrons. The number of aliphatic hydroxyl groups is 1. The van der Waals surface area contributed by atoms with E-state index in [1.54, 1.807) is 49.4 Å².